The van der Waals surface area contributed by atoms with Crippen molar-refractivity contribution in [2.24, 2.45) is 10.2 Å². The molecular formula is C7H5F5N2O2. The minimum atomic E-state index is -5.00. The highest BCUT2D eigenvalue weighted by Gasteiger charge is 2.57. The zero-order valence-corrected chi connectivity index (χ0v) is 7.76. The highest BCUT2D eigenvalue weighted by molar-refractivity contribution is 6.20. The predicted molar refractivity (Wildman–Crippen MR) is 42.5 cm³/mol. The van der Waals surface area contributed by atoms with E-state index in [-0.39, 0.29) is 6.47 Å². The molecule has 9 heteroatoms. The van der Waals surface area contributed by atoms with Crippen molar-refractivity contribution in [1.82, 2.24) is 0 Å². The molecule has 1 aliphatic rings. The first-order chi connectivity index (χ1) is 7.23. The molecule has 1 heterocycles. The van der Waals surface area contributed by atoms with Gasteiger partial charge in [-0.15, -0.1) is 10.2 Å². The van der Waals surface area contributed by atoms with Crippen LogP contribution in [0.3, 0.4) is 0 Å². The molecule has 1 aliphatic heterocycles. The molecule has 0 bridgehead atoms. The van der Waals surface area contributed by atoms with Gasteiger partial charge in [-0.2, -0.15) is 13.2 Å². The molecule has 0 saturated carbocycles. The van der Waals surface area contributed by atoms with Gasteiger partial charge in [0.2, 0.25) is 5.60 Å². The van der Waals surface area contributed by atoms with Gasteiger partial charge in [0.25, 0.3) is 12.9 Å². The maximum absolute atomic E-state index is 12.4. The second kappa shape index (κ2) is 3.80. The molecule has 0 aromatic rings. The van der Waals surface area contributed by atoms with Crippen molar-refractivity contribution in [2.45, 2.75) is 25.1 Å². The van der Waals surface area contributed by atoms with Crippen LogP contribution in [0, 0.1) is 0 Å². The van der Waals surface area contributed by atoms with Gasteiger partial charge in [-0.1, -0.05) is 0 Å². The van der Waals surface area contributed by atoms with Gasteiger partial charge < -0.3 is 4.74 Å². The molecule has 0 N–H and O–H groups in total. The number of hydrogen-bond donors (Lipinski definition) is 0. The Labute approximate surface area is 85.8 Å². The summed E-state index contributed by atoms with van der Waals surface area (Å²) in [6.07, 6.45) is -8.30. The molecule has 0 radical (unpaired) electrons. The van der Waals surface area contributed by atoms with E-state index >= 15 is 0 Å². The summed E-state index contributed by atoms with van der Waals surface area (Å²) in [4.78, 5) is 10.1. The maximum Gasteiger partial charge on any atom is 0.435 e. The first-order valence-electron chi connectivity index (χ1n) is 3.86. The molecule has 1 rings (SSSR count). The number of halogens is 5. The van der Waals surface area contributed by atoms with Crippen LogP contribution >= 0.6 is 0 Å². The summed E-state index contributed by atoms with van der Waals surface area (Å²) in [5.41, 5.74) is -5.58. The molecule has 0 aliphatic carbocycles. The van der Waals surface area contributed by atoms with E-state index in [9.17, 15) is 26.7 Å². The summed E-state index contributed by atoms with van der Waals surface area (Å²) in [5, 5.41) is 5.30. The number of hydrogen-bond acceptors (Lipinski definition) is 4. The summed E-state index contributed by atoms with van der Waals surface area (Å²) in [6, 6.07) is 0. The Hall–Kier alpha value is -1.54. The van der Waals surface area contributed by atoms with Gasteiger partial charge in [0.05, 0.1) is 0 Å². The number of alkyl halides is 5. The monoisotopic (exact) mass is 244 g/mol. The van der Waals surface area contributed by atoms with Gasteiger partial charge in [0.15, 0.2) is 11.4 Å². The molecule has 1 atom stereocenters. The molecule has 90 valence electrons. The molecule has 0 aromatic heterocycles. The Morgan fingerprint density at radius 3 is 2.31 bits per heavy atom. The molecule has 0 fully saturated rings. The lowest BCUT2D eigenvalue weighted by atomic mass is 9.94. The van der Waals surface area contributed by atoms with Crippen LogP contribution in [0.1, 0.15) is 6.92 Å². The Kier molecular flexibility index (Phi) is 2.97. The van der Waals surface area contributed by atoms with E-state index < -0.39 is 29.6 Å². The lowest BCUT2D eigenvalue weighted by Crippen LogP contribution is -2.52. The fraction of sp³-hybridized carbons (Fsp3) is 0.571. The number of carbonyl (C=O) groups excluding carboxylic acids is 1. The smallest absolute Gasteiger partial charge is 0.435 e. The fourth-order valence-corrected chi connectivity index (χ4v) is 1.21. The standard InChI is InChI=1S/C7H5F5N2O2/c1-6(16-2-15)3(4(8)9)13-14-5(6)7(10,11)12/h2,4H,1H3. The van der Waals surface area contributed by atoms with Crippen LogP contribution in [0.15, 0.2) is 10.2 Å². The van der Waals surface area contributed by atoms with Gasteiger partial charge in [0, 0.05) is 0 Å². The van der Waals surface area contributed by atoms with Crippen LogP contribution in [-0.4, -0.2) is 36.1 Å². The Bertz CT molecular complexity index is 362. The zero-order chi connectivity index (χ0) is 12.6. The van der Waals surface area contributed by atoms with Crippen molar-refractivity contribution < 1.29 is 31.5 Å². The molecule has 4 nitrogen and oxygen atoms in total. The average molecular weight is 244 g/mol. The third kappa shape index (κ3) is 1.89. The Balaban J connectivity index is 3.15. The van der Waals surface area contributed by atoms with Crippen molar-refractivity contribution in [3.05, 3.63) is 0 Å². The van der Waals surface area contributed by atoms with Crippen molar-refractivity contribution in [2.75, 3.05) is 0 Å². The number of carbonyl (C=O) groups is 1. The lowest BCUT2D eigenvalue weighted by molar-refractivity contribution is -0.134. The van der Waals surface area contributed by atoms with E-state index in [2.05, 4.69) is 14.9 Å². The van der Waals surface area contributed by atoms with Crippen LogP contribution in [-0.2, 0) is 9.53 Å². The fourth-order valence-electron chi connectivity index (χ4n) is 1.21. The molecule has 1 unspecified atom stereocenters. The maximum atomic E-state index is 12.4. The minimum Gasteiger partial charge on any atom is -0.448 e. The van der Waals surface area contributed by atoms with Crippen molar-refractivity contribution in [1.29, 1.82) is 0 Å². The van der Waals surface area contributed by atoms with E-state index in [0.717, 1.165) is 0 Å². The van der Waals surface area contributed by atoms with E-state index in [0.29, 0.717) is 6.92 Å². The summed E-state index contributed by atoms with van der Waals surface area (Å²) in [5.74, 6) is 0. The van der Waals surface area contributed by atoms with Crippen LogP contribution in [0.4, 0.5) is 22.0 Å². The largest absolute Gasteiger partial charge is 0.448 e. The van der Waals surface area contributed by atoms with Gasteiger partial charge >= 0.3 is 6.18 Å². The van der Waals surface area contributed by atoms with Crippen LogP contribution in [0.5, 0.6) is 0 Å². The summed E-state index contributed by atoms with van der Waals surface area (Å²) in [6.45, 7) is 0.302. The van der Waals surface area contributed by atoms with Gasteiger partial charge in [-0.25, -0.2) is 8.78 Å². The lowest BCUT2D eigenvalue weighted by Gasteiger charge is -2.26. The summed E-state index contributed by atoms with van der Waals surface area (Å²) < 4.78 is 65.9. The predicted octanol–water partition coefficient (Wildman–Crippen LogP) is 1.56. The second-order valence-electron chi connectivity index (χ2n) is 2.98. The van der Waals surface area contributed by atoms with E-state index in [1.54, 1.807) is 0 Å². The van der Waals surface area contributed by atoms with Crippen LogP contribution in [0.25, 0.3) is 0 Å². The highest BCUT2D eigenvalue weighted by atomic mass is 19.4. The molecule has 16 heavy (non-hydrogen) atoms. The van der Waals surface area contributed by atoms with Gasteiger partial charge in [-0.05, 0) is 6.92 Å². The molecule has 0 spiro atoms. The van der Waals surface area contributed by atoms with Crippen LogP contribution < -0.4 is 0 Å². The molecule has 0 saturated heterocycles. The normalized spacial score (nSPS) is 25.4. The highest BCUT2D eigenvalue weighted by Crippen LogP contribution is 2.33. The molecular weight excluding hydrogens is 239 g/mol. The third-order valence-corrected chi connectivity index (χ3v) is 1.96. The number of rotatable bonds is 3. The van der Waals surface area contributed by atoms with E-state index in [1.165, 1.54) is 0 Å². The topological polar surface area (TPSA) is 51.0 Å². The first kappa shape index (κ1) is 12.5. The first-order valence-corrected chi connectivity index (χ1v) is 3.86. The van der Waals surface area contributed by atoms with Gasteiger partial charge in [-0.3, -0.25) is 4.79 Å². The average Bonchev–Trinajstić information content (AvgIpc) is 2.42. The van der Waals surface area contributed by atoms with Crippen molar-refractivity contribution in [3.8, 4) is 0 Å². The van der Waals surface area contributed by atoms with Crippen LogP contribution in [0.2, 0.25) is 0 Å². The van der Waals surface area contributed by atoms with E-state index in [4.69, 9.17) is 0 Å². The second-order valence-corrected chi connectivity index (χ2v) is 2.98. The summed E-state index contributed by atoms with van der Waals surface area (Å²) >= 11 is 0. The quantitative estimate of drug-likeness (QED) is 0.558. The minimum absolute atomic E-state index is 0.357. The van der Waals surface area contributed by atoms with Gasteiger partial charge in [0.1, 0.15) is 0 Å². The third-order valence-electron chi connectivity index (χ3n) is 1.96. The molecule has 0 amide bonds. The molecule has 0 aromatic carbocycles. The SMILES string of the molecule is CC1(OC=O)C(C(F)F)=NN=C1C(F)(F)F. The zero-order valence-electron chi connectivity index (χ0n) is 7.76. The number of nitrogens with zero attached hydrogens (tertiary/aromatic N) is 2. The Morgan fingerprint density at radius 2 is 1.94 bits per heavy atom. The number of ether oxygens (including phenoxy) is 1. The van der Waals surface area contributed by atoms with Crippen molar-refractivity contribution >= 4 is 17.9 Å². The van der Waals surface area contributed by atoms with E-state index in [1.807, 2.05) is 0 Å². The Morgan fingerprint density at radius 1 is 1.38 bits per heavy atom. The van der Waals surface area contributed by atoms with Crippen molar-refractivity contribution in [3.63, 3.8) is 0 Å². The summed E-state index contributed by atoms with van der Waals surface area (Å²) in [7, 11) is 0.